The average Bonchev–Trinajstić information content (AvgIpc) is 2.81. The molecule has 1 aromatic heterocycles. The van der Waals surface area contributed by atoms with Gasteiger partial charge in [0, 0.05) is 10.6 Å². The van der Waals surface area contributed by atoms with Gasteiger partial charge in [-0.2, -0.15) is 0 Å². The molecule has 86 valence electrons. The van der Waals surface area contributed by atoms with Crippen LogP contribution >= 0.6 is 22.9 Å². The van der Waals surface area contributed by atoms with Gasteiger partial charge in [-0.25, -0.2) is 4.99 Å². The van der Waals surface area contributed by atoms with Gasteiger partial charge in [-0.1, -0.05) is 23.7 Å². The largest absolute Gasteiger partial charge is 0.383 e. The van der Waals surface area contributed by atoms with Crippen LogP contribution in [0.5, 0.6) is 0 Å². The van der Waals surface area contributed by atoms with Crippen molar-refractivity contribution < 1.29 is 0 Å². The molecule has 1 aliphatic heterocycles. The molecule has 0 fully saturated rings. The van der Waals surface area contributed by atoms with Crippen molar-refractivity contribution in [2.75, 3.05) is 5.32 Å². The molecule has 0 bridgehead atoms. The number of halogens is 1. The van der Waals surface area contributed by atoms with Crippen LogP contribution in [0.1, 0.15) is 16.6 Å². The van der Waals surface area contributed by atoms with E-state index in [1.807, 2.05) is 35.7 Å². The summed E-state index contributed by atoms with van der Waals surface area (Å²) < 4.78 is 0. The third kappa shape index (κ3) is 1.79. The molecule has 1 atom stereocenters. The molecule has 3 rings (SSSR count). The predicted molar refractivity (Wildman–Crippen MR) is 72.9 cm³/mol. The van der Waals surface area contributed by atoms with Crippen LogP contribution in [0.4, 0.5) is 5.69 Å². The number of hydrogen-bond donors (Lipinski definition) is 2. The van der Waals surface area contributed by atoms with E-state index in [1.165, 1.54) is 0 Å². The molecule has 5 heteroatoms. The maximum Gasteiger partial charge on any atom is 0.156 e. The fraction of sp³-hybridized carbons (Fsp3) is 0.0833. The second-order valence-electron chi connectivity index (χ2n) is 3.74. The van der Waals surface area contributed by atoms with Crippen molar-refractivity contribution in [2.45, 2.75) is 6.17 Å². The van der Waals surface area contributed by atoms with Crippen LogP contribution in [0.15, 0.2) is 40.7 Å². The summed E-state index contributed by atoms with van der Waals surface area (Å²) in [5.41, 5.74) is 7.70. The Bertz CT molecular complexity index is 577. The lowest BCUT2D eigenvalue weighted by Gasteiger charge is -2.23. The van der Waals surface area contributed by atoms with Crippen LogP contribution in [0.25, 0.3) is 0 Å². The molecule has 1 aliphatic rings. The van der Waals surface area contributed by atoms with Gasteiger partial charge >= 0.3 is 0 Å². The molecule has 0 spiro atoms. The van der Waals surface area contributed by atoms with Crippen molar-refractivity contribution >= 4 is 34.5 Å². The molecule has 3 nitrogen and oxygen atoms in total. The summed E-state index contributed by atoms with van der Waals surface area (Å²) in [6.07, 6.45) is -0.110. The van der Waals surface area contributed by atoms with E-state index in [1.54, 1.807) is 11.3 Å². The SMILES string of the molecule is NC1=NC(c2cccs2)Nc2cccc(Cl)c21. The van der Waals surface area contributed by atoms with E-state index >= 15 is 0 Å². The topological polar surface area (TPSA) is 50.4 Å². The molecule has 0 saturated heterocycles. The molecule has 0 amide bonds. The summed E-state index contributed by atoms with van der Waals surface area (Å²) in [6, 6.07) is 9.72. The third-order valence-electron chi connectivity index (χ3n) is 2.64. The van der Waals surface area contributed by atoms with Crippen LogP contribution in [-0.2, 0) is 0 Å². The fourth-order valence-electron chi connectivity index (χ4n) is 1.87. The lowest BCUT2D eigenvalue weighted by atomic mass is 10.1. The zero-order chi connectivity index (χ0) is 11.8. The van der Waals surface area contributed by atoms with Crippen molar-refractivity contribution in [3.8, 4) is 0 Å². The van der Waals surface area contributed by atoms with E-state index in [9.17, 15) is 0 Å². The summed E-state index contributed by atoms with van der Waals surface area (Å²) in [5, 5.41) is 5.98. The summed E-state index contributed by atoms with van der Waals surface area (Å²) in [7, 11) is 0. The number of amidine groups is 1. The average molecular weight is 264 g/mol. The lowest BCUT2D eigenvalue weighted by molar-refractivity contribution is 0.844. The van der Waals surface area contributed by atoms with Gasteiger partial charge < -0.3 is 11.1 Å². The monoisotopic (exact) mass is 263 g/mol. The molecular weight excluding hydrogens is 254 g/mol. The van der Waals surface area contributed by atoms with Gasteiger partial charge in [-0.3, -0.25) is 0 Å². The lowest BCUT2D eigenvalue weighted by Crippen LogP contribution is -2.25. The molecule has 0 saturated carbocycles. The molecule has 3 N–H and O–H groups in total. The van der Waals surface area contributed by atoms with Crippen molar-refractivity contribution in [1.29, 1.82) is 0 Å². The quantitative estimate of drug-likeness (QED) is 0.830. The number of benzene rings is 1. The van der Waals surface area contributed by atoms with Gasteiger partial charge in [0.25, 0.3) is 0 Å². The van der Waals surface area contributed by atoms with Gasteiger partial charge in [0.05, 0.1) is 10.6 Å². The molecule has 2 heterocycles. The Hall–Kier alpha value is -1.52. The first-order valence-electron chi connectivity index (χ1n) is 5.18. The number of aliphatic imine (C=N–C) groups is 1. The molecule has 2 aromatic rings. The summed E-state index contributed by atoms with van der Waals surface area (Å²) in [6.45, 7) is 0. The second kappa shape index (κ2) is 4.05. The molecular formula is C12H10ClN3S. The van der Waals surface area contributed by atoms with Crippen LogP contribution < -0.4 is 11.1 Å². The number of fused-ring (bicyclic) bond motifs is 1. The number of rotatable bonds is 1. The van der Waals surface area contributed by atoms with Crippen LogP contribution in [0.2, 0.25) is 5.02 Å². The van der Waals surface area contributed by atoms with Crippen LogP contribution in [0.3, 0.4) is 0 Å². The van der Waals surface area contributed by atoms with Crippen molar-refractivity contribution in [2.24, 2.45) is 10.7 Å². The van der Waals surface area contributed by atoms with Crippen LogP contribution in [0, 0.1) is 0 Å². The fourth-order valence-corrected chi connectivity index (χ4v) is 2.85. The van der Waals surface area contributed by atoms with Gasteiger partial charge in [0.15, 0.2) is 6.17 Å². The Balaban J connectivity index is 2.07. The van der Waals surface area contributed by atoms with E-state index in [0.29, 0.717) is 10.9 Å². The Kier molecular flexibility index (Phi) is 2.53. The number of nitrogens with one attached hydrogen (secondary N) is 1. The van der Waals surface area contributed by atoms with Gasteiger partial charge in [-0.05, 0) is 23.6 Å². The molecule has 0 aliphatic carbocycles. The highest BCUT2D eigenvalue weighted by Gasteiger charge is 2.22. The highest BCUT2D eigenvalue weighted by molar-refractivity contribution is 7.10. The highest BCUT2D eigenvalue weighted by Crippen LogP contribution is 2.33. The number of hydrogen-bond acceptors (Lipinski definition) is 4. The molecule has 1 aromatic carbocycles. The Morgan fingerprint density at radius 1 is 1.29 bits per heavy atom. The zero-order valence-electron chi connectivity index (χ0n) is 8.85. The minimum atomic E-state index is -0.110. The number of nitrogens with two attached hydrogens (primary N) is 1. The number of anilines is 1. The van der Waals surface area contributed by atoms with Crippen molar-refractivity contribution in [1.82, 2.24) is 0 Å². The first-order chi connectivity index (χ1) is 8.25. The van der Waals surface area contributed by atoms with Gasteiger partial charge in [0.1, 0.15) is 5.84 Å². The van der Waals surface area contributed by atoms with E-state index < -0.39 is 0 Å². The maximum atomic E-state index is 6.11. The van der Waals surface area contributed by atoms with Crippen molar-refractivity contribution in [3.63, 3.8) is 0 Å². The normalized spacial score (nSPS) is 18.2. The number of nitrogens with zero attached hydrogens (tertiary/aromatic N) is 1. The zero-order valence-corrected chi connectivity index (χ0v) is 10.4. The summed E-state index contributed by atoms with van der Waals surface area (Å²) in [4.78, 5) is 5.57. The minimum Gasteiger partial charge on any atom is -0.383 e. The molecule has 17 heavy (non-hydrogen) atoms. The summed E-state index contributed by atoms with van der Waals surface area (Å²) in [5.74, 6) is 0.489. The van der Waals surface area contributed by atoms with E-state index in [-0.39, 0.29) is 6.17 Å². The van der Waals surface area contributed by atoms with Crippen molar-refractivity contribution in [3.05, 3.63) is 51.2 Å². The highest BCUT2D eigenvalue weighted by atomic mass is 35.5. The molecule has 1 unspecified atom stereocenters. The predicted octanol–water partition coefficient (Wildman–Crippen LogP) is 3.23. The van der Waals surface area contributed by atoms with E-state index in [2.05, 4.69) is 10.3 Å². The van der Waals surface area contributed by atoms with E-state index in [0.717, 1.165) is 16.1 Å². The Labute approximate surface area is 108 Å². The minimum absolute atomic E-state index is 0.110. The smallest absolute Gasteiger partial charge is 0.156 e. The maximum absolute atomic E-state index is 6.11. The van der Waals surface area contributed by atoms with Crippen LogP contribution in [-0.4, -0.2) is 5.84 Å². The molecule has 0 radical (unpaired) electrons. The van der Waals surface area contributed by atoms with E-state index in [4.69, 9.17) is 17.3 Å². The first kappa shape index (κ1) is 10.6. The summed E-state index contributed by atoms with van der Waals surface area (Å²) >= 11 is 7.76. The Morgan fingerprint density at radius 2 is 2.18 bits per heavy atom. The third-order valence-corrected chi connectivity index (χ3v) is 3.88. The first-order valence-corrected chi connectivity index (χ1v) is 6.43. The second-order valence-corrected chi connectivity index (χ2v) is 5.13. The van der Waals surface area contributed by atoms with Gasteiger partial charge in [0.2, 0.25) is 0 Å². The Morgan fingerprint density at radius 3 is 2.94 bits per heavy atom. The number of thiophene rings is 1. The standard InChI is InChI=1S/C12H10ClN3S/c13-7-3-1-4-8-10(7)11(14)16-12(15-8)9-5-2-6-17-9/h1-6,12,15H,(H2,14,16). The van der Waals surface area contributed by atoms with Gasteiger partial charge in [-0.15, -0.1) is 11.3 Å².